The zero-order chi connectivity index (χ0) is 29.1. The minimum Gasteiger partial charge on any atom is -0.350 e. The Morgan fingerprint density at radius 1 is 1.12 bits per heavy atom. The molecule has 41 heavy (non-hydrogen) atoms. The van der Waals surface area contributed by atoms with Crippen LogP contribution in [0.25, 0.3) is 10.9 Å². The number of rotatable bonds is 11. The number of nitrogens with one attached hydrogen (secondary N) is 2. The third kappa shape index (κ3) is 6.82. The van der Waals surface area contributed by atoms with Crippen molar-refractivity contribution in [1.29, 1.82) is 0 Å². The summed E-state index contributed by atoms with van der Waals surface area (Å²) in [6.45, 7) is 2.73. The molecule has 0 radical (unpaired) electrons. The Morgan fingerprint density at radius 3 is 2.59 bits per heavy atom. The van der Waals surface area contributed by atoms with E-state index in [4.69, 9.17) is 11.6 Å². The third-order valence-corrected chi connectivity index (χ3v) is 8.03. The highest BCUT2D eigenvalue weighted by Crippen LogP contribution is 2.28. The van der Waals surface area contributed by atoms with Gasteiger partial charge in [0.2, 0.25) is 11.8 Å². The lowest BCUT2D eigenvalue weighted by Gasteiger charge is -2.22. The second kappa shape index (κ2) is 12.5. The summed E-state index contributed by atoms with van der Waals surface area (Å²) in [5, 5.41) is 11.0. The number of carbonyl (C=O) groups excluding carboxylic acids is 4. The van der Waals surface area contributed by atoms with Crippen LogP contribution in [0.15, 0.2) is 36.4 Å². The first kappa shape index (κ1) is 28.9. The van der Waals surface area contributed by atoms with E-state index in [2.05, 4.69) is 15.7 Å². The molecule has 11 heteroatoms. The van der Waals surface area contributed by atoms with E-state index >= 15 is 0 Å². The number of carbonyl (C=O) groups is 4. The van der Waals surface area contributed by atoms with E-state index in [0.29, 0.717) is 10.9 Å². The van der Waals surface area contributed by atoms with Gasteiger partial charge >= 0.3 is 0 Å². The van der Waals surface area contributed by atoms with Crippen LogP contribution in [0, 0.1) is 11.7 Å². The molecule has 1 aliphatic carbocycles. The predicted octanol–water partition coefficient (Wildman–Crippen LogP) is 3.45. The van der Waals surface area contributed by atoms with Crippen LogP contribution in [0.1, 0.15) is 54.2 Å². The Hall–Kier alpha value is -3.63. The van der Waals surface area contributed by atoms with Gasteiger partial charge < -0.3 is 15.5 Å². The molecule has 1 saturated carbocycles. The van der Waals surface area contributed by atoms with E-state index in [1.165, 1.54) is 28.6 Å². The van der Waals surface area contributed by atoms with Crippen LogP contribution in [0.5, 0.6) is 0 Å². The Balaban J connectivity index is 1.28. The number of hydrogen-bond donors (Lipinski definition) is 2. The van der Waals surface area contributed by atoms with Crippen molar-refractivity contribution in [3.8, 4) is 0 Å². The summed E-state index contributed by atoms with van der Waals surface area (Å²) in [6.07, 6.45) is 3.51. The third-order valence-electron chi connectivity index (χ3n) is 7.74. The molecule has 1 aliphatic heterocycles. The Labute approximate surface area is 242 Å². The zero-order valence-corrected chi connectivity index (χ0v) is 23.7. The minimum absolute atomic E-state index is 0.0246. The number of nitrogens with zero attached hydrogens (tertiary/aromatic N) is 3. The molecule has 9 nitrogen and oxygen atoms in total. The Morgan fingerprint density at radius 2 is 1.88 bits per heavy atom. The van der Waals surface area contributed by atoms with Crippen LogP contribution in [0.3, 0.4) is 0 Å². The predicted molar refractivity (Wildman–Crippen MR) is 152 cm³/mol. The van der Waals surface area contributed by atoms with Gasteiger partial charge in [0.15, 0.2) is 5.78 Å². The normalized spacial score (nSPS) is 15.6. The summed E-state index contributed by atoms with van der Waals surface area (Å²) in [7, 11) is 0. The topological polar surface area (TPSA) is 113 Å². The first-order chi connectivity index (χ1) is 19.7. The number of halogens is 2. The van der Waals surface area contributed by atoms with Crippen LogP contribution >= 0.6 is 11.6 Å². The second-order valence-electron chi connectivity index (χ2n) is 10.8. The van der Waals surface area contributed by atoms with Crippen LogP contribution in [-0.2, 0) is 33.9 Å². The van der Waals surface area contributed by atoms with E-state index < -0.39 is 11.7 Å². The molecule has 2 fully saturated rings. The highest BCUT2D eigenvalue weighted by atomic mass is 35.5. The number of amides is 2. The largest absolute Gasteiger partial charge is 0.350 e. The van der Waals surface area contributed by atoms with Crippen molar-refractivity contribution >= 4 is 45.9 Å². The maximum Gasteiger partial charge on any atom is 0.245 e. The summed E-state index contributed by atoms with van der Waals surface area (Å²) in [4.78, 5) is 52.9. The molecule has 2 aromatic carbocycles. The summed E-state index contributed by atoms with van der Waals surface area (Å²) < 4.78 is 15.7. The van der Waals surface area contributed by atoms with Crippen molar-refractivity contribution in [2.24, 2.45) is 5.92 Å². The molecule has 5 rings (SSSR count). The summed E-state index contributed by atoms with van der Waals surface area (Å²) >= 11 is 5.82. The molecular formula is C30H33ClFN5O4. The monoisotopic (exact) mass is 581 g/mol. The number of fused-ring (bicyclic) bond motifs is 1. The van der Waals surface area contributed by atoms with Gasteiger partial charge in [-0.3, -0.25) is 23.9 Å². The van der Waals surface area contributed by atoms with E-state index in [1.54, 1.807) is 12.1 Å². The van der Waals surface area contributed by atoms with E-state index in [0.717, 1.165) is 44.3 Å². The molecule has 1 saturated heterocycles. The standard InChI is InChI=1S/C30H33ClFN5O4/c1-18(38)30-23-13-19(14-26(39)20-9-11-33-12-10-20)5-8-25(23)37(35-30)17-28(41)36(22-6-7-22)16-27(40)34-15-21-3-2-4-24(31)29(21)32/h2-5,8,13,20,22,33H,6-7,9-12,14-17H2,1H3,(H,34,40). The number of piperidine rings is 1. The van der Waals surface area contributed by atoms with Crippen molar-refractivity contribution in [3.63, 3.8) is 0 Å². The molecule has 1 aromatic heterocycles. The zero-order valence-electron chi connectivity index (χ0n) is 22.9. The van der Waals surface area contributed by atoms with Gasteiger partial charge in [-0.15, -0.1) is 0 Å². The van der Waals surface area contributed by atoms with Gasteiger partial charge in [-0.2, -0.15) is 5.10 Å². The summed E-state index contributed by atoms with van der Waals surface area (Å²) in [6, 6.07) is 9.97. The van der Waals surface area contributed by atoms with E-state index in [1.807, 2.05) is 12.1 Å². The van der Waals surface area contributed by atoms with Crippen LogP contribution in [0.2, 0.25) is 5.02 Å². The van der Waals surface area contributed by atoms with Gasteiger partial charge in [0.1, 0.15) is 23.8 Å². The fourth-order valence-electron chi connectivity index (χ4n) is 5.32. The number of aromatic nitrogens is 2. The minimum atomic E-state index is -0.588. The van der Waals surface area contributed by atoms with Gasteiger partial charge in [0.25, 0.3) is 0 Å². The lowest BCUT2D eigenvalue weighted by molar-refractivity contribution is -0.137. The quantitative estimate of drug-likeness (QED) is 0.335. The van der Waals surface area contributed by atoms with Crippen LogP contribution in [0.4, 0.5) is 4.39 Å². The van der Waals surface area contributed by atoms with Crippen molar-refractivity contribution in [2.45, 2.75) is 58.2 Å². The first-order valence-electron chi connectivity index (χ1n) is 13.9. The number of Topliss-reactive ketones (excluding diaryl/α,β-unsaturated/α-hetero) is 2. The maximum absolute atomic E-state index is 14.2. The lowest BCUT2D eigenvalue weighted by Crippen LogP contribution is -2.43. The molecule has 0 bridgehead atoms. The molecule has 0 spiro atoms. The first-order valence-corrected chi connectivity index (χ1v) is 14.3. The SMILES string of the molecule is CC(=O)c1nn(CC(=O)N(CC(=O)NCc2cccc(Cl)c2F)C2CC2)c2ccc(CC(=O)C3CCNCC3)cc12. The van der Waals surface area contributed by atoms with Gasteiger partial charge in [0, 0.05) is 42.8 Å². The van der Waals surface area contributed by atoms with Gasteiger partial charge in [0.05, 0.1) is 17.1 Å². The second-order valence-corrected chi connectivity index (χ2v) is 11.2. The highest BCUT2D eigenvalue weighted by molar-refractivity contribution is 6.30. The van der Waals surface area contributed by atoms with E-state index in [-0.39, 0.29) is 71.8 Å². The van der Waals surface area contributed by atoms with Gasteiger partial charge in [-0.05, 0) is 62.5 Å². The molecule has 0 unspecified atom stereocenters. The Bertz CT molecular complexity index is 1500. The molecule has 2 N–H and O–H groups in total. The molecular weight excluding hydrogens is 549 g/mol. The number of benzene rings is 2. The average Bonchev–Trinajstić information content (AvgIpc) is 3.74. The molecule has 216 valence electrons. The molecule has 0 atom stereocenters. The maximum atomic E-state index is 14.2. The Kier molecular flexibility index (Phi) is 8.79. The van der Waals surface area contributed by atoms with Crippen molar-refractivity contribution in [1.82, 2.24) is 25.3 Å². The molecule has 2 aliphatic rings. The van der Waals surface area contributed by atoms with Crippen molar-refractivity contribution < 1.29 is 23.6 Å². The summed E-state index contributed by atoms with van der Waals surface area (Å²) in [5.41, 5.74) is 1.91. The lowest BCUT2D eigenvalue weighted by atomic mass is 9.90. The van der Waals surface area contributed by atoms with Gasteiger partial charge in [-0.25, -0.2) is 4.39 Å². The fourth-order valence-corrected chi connectivity index (χ4v) is 5.52. The molecule has 3 aromatic rings. The van der Waals surface area contributed by atoms with Crippen LogP contribution in [-0.4, -0.2) is 63.7 Å². The highest BCUT2D eigenvalue weighted by Gasteiger charge is 2.34. The number of ketones is 2. The molecule has 2 heterocycles. The van der Waals surface area contributed by atoms with E-state index in [9.17, 15) is 23.6 Å². The number of hydrogen-bond acceptors (Lipinski definition) is 6. The smallest absolute Gasteiger partial charge is 0.245 e. The van der Waals surface area contributed by atoms with Gasteiger partial charge in [-0.1, -0.05) is 29.8 Å². The van der Waals surface area contributed by atoms with Crippen molar-refractivity contribution in [2.75, 3.05) is 19.6 Å². The average molecular weight is 582 g/mol. The molecule has 2 amide bonds. The van der Waals surface area contributed by atoms with Crippen molar-refractivity contribution in [3.05, 3.63) is 64.1 Å². The summed E-state index contributed by atoms with van der Waals surface area (Å²) in [5.74, 6) is -1.32. The fraction of sp³-hybridized carbons (Fsp3) is 0.433. The van der Waals surface area contributed by atoms with Crippen LogP contribution < -0.4 is 10.6 Å².